The number of ether oxygens (including phenoxy) is 1. The van der Waals surface area contributed by atoms with Crippen LogP contribution in [0.1, 0.15) is 11.6 Å². The van der Waals surface area contributed by atoms with Gasteiger partial charge in [0.1, 0.15) is 17.5 Å². The van der Waals surface area contributed by atoms with E-state index in [9.17, 15) is 0 Å². The zero-order valence-corrected chi connectivity index (χ0v) is 9.90. The summed E-state index contributed by atoms with van der Waals surface area (Å²) in [4.78, 5) is 15.6. The molecule has 6 nitrogen and oxygen atoms in total. The predicted octanol–water partition coefficient (Wildman–Crippen LogP) is 1.17. The van der Waals surface area contributed by atoms with Crippen molar-refractivity contribution >= 4 is 5.82 Å². The average molecular weight is 233 g/mol. The van der Waals surface area contributed by atoms with Gasteiger partial charge in [-0.05, 0) is 6.92 Å². The number of hydrogen-bond acceptors (Lipinski definition) is 5. The lowest BCUT2D eigenvalue weighted by atomic mass is 10.4. The summed E-state index contributed by atoms with van der Waals surface area (Å²) in [5.74, 6) is 2.97. The first kappa shape index (κ1) is 11.4. The van der Waals surface area contributed by atoms with Crippen molar-refractivity contribution in [2.24, 2.45) is 0 Å². The summed E-state index contributed by atoms with van der Waals surface area (Å²) in [5.41, 5.74) is 0. The van der Waals surface area contributed by atoms with Crippen LogP contribution in [0.4, 0.5) is 5.82 Å². The summed E-state index contributed by atoms with van der Waals surface area (Å²) in [7, 11) is 1.59. The van der Waals surface area contributed by atoms with Gasteiger partial charge in [0.15, 0.2) is 0 Å². The van der Waals surface area contributed by atoms with Crippen LogP contribution in [0, 0.1) is 6.92 Å². The van der Waals surface area contributed by atoms with Crippen LogP contribution in [0.2, 0.25) is 0 Å². The van der Waals surface area contributed by atoms with Gasteiger partial charge >= 0.3 is 0 Å². The molecule has 0 saturated carbocycles. The summed E-state index contributed by atoms with van der Waals surface area (Å²) in [6.07, 6.45) is 4.37. The Labute approximate surface area is 99.5 Å². The van der Waals surface area contributed by atoms with Crippen molar-refractivity contribution in [3.63, 3.8) is 0 Å². The molecule has 0 aliphatic rings. The Morgan fingerprint density at radius 1 is 1.41 bits per heavy atom. The third-order valence-electron chi connectivity index (χ3n) is 2.25. The van der Waals surface area contributed by atoms with Crippen LogP contribution in [0.15, 0.2) is 18.5 Å². The minimum absolute atomic E-state index is 0.568. The Morgan fingerprint density at radius 3 is 3.00 bits per heavy atom. The number of imidazole rings is 1. The van der Waals surface area contributed by atoms with Crippen LogP contribution in [-0.4, -0.2) is 33.6 Å². The number of nitrogens with one attached hydrogen (secondary N) is 2. The second-order valence-electron chi connectivity index (χ2n) is 3.56. The first-order valence-corrected chi connectivity index (χ1v) is 5.40. The van der Waals surface area contributed by atoms with Crippen LogP contribution < -0.4 is 10.1 Å². The van der Waals surface area contributed by atoms with Gasteiger partial charge in [-0.2, -0.15) is 4.98 Å². The highest BCUT2D eigenvalue weighted by Gasteiger charge is 2.01. The van der Waals surface area contributed by atoms with E-state index >= 15 is 0 Å². The third kappa shape index (κ3) is 3.17. The monoisotopic (exact) mass is 233 g/mol. The maximum Gasteiger partial charge on any atom is 0.218 e. The van der Waals surface area contributed by atoms with Crippen molar-refractivity contribution < 1.29 is 4.74 Å². The van der Waals surface area contributed by atoms with Gasteiger partial charge in [-0.1, -0.05) is 0 Å². The predicted molar refractivity (Wildman–Crippen MR) is 64.1 cm³/mol. The lowest BCUT2D eigenvalue weighted by molar-refractivity contribution is 0.396. The van der Waals surface area contributed by atoms with Gasteiger partial charge in [-0.3, -0.25) is 0 Å². The van der Waals surface area contributed by atoms with E-state index in [1.807, 2.05) is 13.1 Å². The molecule has 2 aromatic heterocycles. The molecule has 0 aliphatic carbocycles. The molecule has 17 heavy (non-hydrogen) atoms. The molecule has 0 spiro atoms. The molecule has 2 aromatic rings. The minimum Gasteiger partial charge on any atom is -0.481 e. The molecule has 0 saturated heterocycles. The zero-order valence-electron chi connectivity index (χ0n) is 9.90. The largest absolute Gasteiger partial charge is 0.481 e. The molecule has 0 fully saturated rings. The number of aryl methyl sites for hydroxylation is 1. The molecule has 0 aliphatic heterocycles. The summed E-state index contributed by atoms with van der Waals surface area (Å²) < 4.78 is 5.08. The van der Waals surface area contributed by atoms with Gasteiger partial charge in [0.2, 0.25) is 5.88 Å². The fraction of sp³-hybridized carbons (Fsp3) is 0.364. The van der Waals surface area contributed by atoms with Gasteiger partial charge < -0.3 is 15.0 Å². The standard InChI is InChI=1S/C11H15N5O/c1-8-15-10(7-11(16-8)17-2)12-4-3-9-13-5-6-14-9/h5-7H,3-4H2,1-2H3,(H,13,14)(H,12,15,16). The van der Waals surface area contributed by atoms with Crippen LogP contribution in [-0.2, 0) is 6.42 Å². The van der Waals surface area contributed by atoms with Crippen molar-refractivity contribution in [3.8, 4) is 5.88 Å². The molecule has 0 atom stereocenters. The summed E-state index contributed by atoms with van der Waals surface area (Å²) in [5, 5.41) is 3.21. The summed E-state index contributed by atoms with van der Waals surface area (Å²) in [6, 6.07) is 1.77. The number of anilines is 1. The quantitative estimate of drug-likeness (QED) is 0.810. The summed E-state index contributed by atoms with van der Waals surface area (Å²) >= 11 is 0. The van der Waals surface area contributed by atoms with Gasteiger partial charge in [-0.25, -0.2) is 9.97 Å². The smallest absolute Gasteiger partial charge is 0.218 e. The van der Waals surface area contributed by atoms with Crippen LogP contribution in [0.25, 0.3) is 0 Å². The lowest BCUT2D eigenvalue weighted by Gasteiger charge is -2.06. The molecule has 0 aromatic carbocycles. The number of aromatic amines is 1. The topological polar surface area (TPSA) is 75.7 Å². The molecular formula is C11H15N5O. The Morgan fingerprint density at radius 2 is 2.29 bits per heavy atom. The van der Waals surface area contributed by atoms with Crippen molar-refractivity contribution in [2.45, 2.75) is 13.3 Å². The molecule has 0 unspecified atom stereocenters. The second kappa shape index (κ2) is 5.29. The maximum atomic E-state index is 5.08. The number of rotatable bonds is 5. The molecule has 0 radical (unpaired) electrons. The first-order valence-electron chi connectivity index (χ1n) is 5.40. The van der Waals surface area contributed by atoms with Gasteiger partial charge in [0.05, 0.1) is 7.11 Å². The number of methoxy groups -OCH3 is 1. The second-order valence-corrected chi connectivity index (χ2v) is 3.56. The van der Waals surface area contributed by atoms with E-state index in [4.69, 9.17) is 4.74 Å². The molecule has 0 amide bonds. The van der Waals surface area contributed by atoms with E-state index in [1.165, 1.54) is 0 Å². The molecular weight excluding hydrogens is 218 g/mol. The Balaban J connectivity index is 1.92. The summed E-state index contributed by atoms with van der Waals surface area (Å²) in [6.45, 7) is 2.59. The SMILES string of the molecule is COc1cc(NCCc2ncc[nH]2)nc(C)n1. The van der Waals surface area contributed by atoms with Gasteiger partial charge in [-0.15, -0.1) is 0 Å². The van der Waals surface area contributed by atoms with E-state index in [-0.39, 0.29) is 0 Å². The number of aromatic nitrogens is 4. The fourth-order valence-electron chi connectivity index (χ4n) is 1.48. The van der Waals surface area contributed by atoms with Crippen LogP contribution in [0.5, 0.6) is 5.88 Å². The number of nitrogens with zero attached hydrogens (tertiary/aromatic N) is 3. The van der Waals surface area contributed by atoms with Crippen LogP contribution in [0.3, 0.4) is 0 Å². The molecule has 90 valence electrons. The molecule has 2 heterocycles. The Kier molecular flexibility index (Phi) is 3.54. The normalized spacial score (nSPS) is 10.2. The van der Waals surface area contributed by atoms with Crippen molar-refractivity contribution in [1.82, 2.24) is 19.9 Å². The third-order valence-corrected chi connectivity index (χ3v) is 2.25. The molecule has 6 heteroatoms. The van der Waals surface area contributed by atoms with Gasteiger partial charge in [0, 0.05) is 31.4 Å². The number of H-pyrrole nitrogens is 1. The fourth-order valence-corrected chi connectivity index (χ4v) is 1.48. The maximum absolute atomic E-state index is 5.08. The van der Waals surface area contributed by atoms with Crippen LogP contribution >= 0.6 is 0 Å². The van der Waals surface area contributed by atoms with Crippen molar-refractivity contribution in [2.75, 3.05) is 19.0 Å². The Bertz CT molecular complexity index is 469. The number of hydrogen-bond donors (Lipinski definition) is 2. The van der Waals surface area contributed by atoms with E-state index in [1.54, 1.807) is 19.4 Å². The van der Waals surface area contributed by atoms with E-state index in [0.29, 0.717) is 11.7 Å². The lowest BCUT2D eigenvalue weighted by Crippen LogP contribution is -2.08. The van der Waals surface area contributed by atoms with Gasteiger partial charge in [0.25, 0.3) is 0 Å². The highest BCUT2D eigenvalue weighted by atomic mass is 16.5. The van der Waals surface area contributed by atoms with E-state index < -0.39 is 0 Å². The minimum atomic E-state index is 0.568. The Hall–Kier alpha value is -2.11. The van der Waals surface area contributed by atoms with E-state index in [0.717, 1.165) is 24.6 Å². The average Bonchev–Trinajstić information content (AvgIpc) is 2.81. The first-order chi connectivity index (χ1) is 8.28. The van der Waals surface area contributed by atoms with Crippen molar-refractivity contribution in [3.05, 3.63) is 30.1 Å². The molecule has 2 N–H and O–H groups in total. The highest BCUT2D eigenvalue weighted by molar-refractivity contribution is 5.38. The zero-order chi connectivity index (χ0) is 12.1. The van der Waals surface area contributed by atoms with E-state index in [2.05, 4.69) is 25.3 Å². The molecule has 0 bridgehead atoms. The van der Waals surface area contributed by atoms with Crippen molar-refractivity contribution in [1.29, 1.82) is 0 Å². The molecule has 2 rings (SSSR count). The highest BCUT2D eigenvalue weighted by Crippen LogP contribution is 2.12.